The summed E-state index contributed by atoms with van der Waals surface area (Å²) in [7, 11) is 0. The van der Waals surface area contributed by atoms with Crippen LogP contribution in [0.1, 0.15) is 15.4 Å². The molecule has 1 N–H and O–H groups in total. The average molecular weight is 353 g/mol. The second-order valence-corrected chi connectivity index (χ2v) is 6.66. The van der Waals surface area contributed by atoms with Crippen LogP contribution in [0.3, 0.4) is 0 Å². The van der Waals surface area contributed by atoms with Crippen molar-refractivity contribution >= 4 is 34.0 Å². The van der Waals surface area contributed by atoms with Crippen molar-refractivity contribution in [2.24, 2.45) is 0 Å². The lowest BCUT2D eigenvalue weighted by Gasteiger charge is -2.25. The number of hydrogen-bond donors (Lipinski definition) is 1. The van der Waals surface area contributed by atoms with Gasteiger partial charge in [0, 0.05) is 36.6 Å². The summed E-state index contributed by atoms with van der Waals surface area (Å²) in [5.41, 5.74) is 0.541. The number of aromatic nitrogens is 2. The maximum atomic E-state index is 12.1. The Hall–Kier alpha value is -1.54. The Labute approximate surface area is 143 Å². The highest BCUT2D eigenvalue weighted by molar-refractivity contribution is 7.15. The molecule has 1 aliphatic rings. The molecule has 1 aliphatic heterocycles. The molecule has 2 aromatic rings. The summed E-state index contributed by atoms with van der Waals surface area (Å²) in [5, 5.41) is 13.0. The Morgan fingerprint density at radius 2 is 2.00 bits per heavy atom. The van der Waals surface area contributed by atoms with Gasteiger partial charge in [0.2, 0.25) is 5.13 Å². The topological polar surface area (TPSA) is 67.4 Å². The number of halogens is 1. The van der Waals surface area contributed by atoms with Gasteiger partial charge in [-0.2, -0.15) is 0 Å². The van der Waals surface area contributed by atoms with E-state index in [1.54, 1.807) is 24.3 Å². The van der Waals surface area contributed by atoms with E-state index < -0.39 is 0 Å². The standard InChI is InChI=1S/C15H17ClN4O2S/c16-12-3-1-11(2-4-12)14(21)17-15-19-18-13(23-15)5-6-20-7-9-22-10-8-20/h1-4H,5-10H2,(H,17,19,21). The second kappa shape index (κ2) is 7.83. The molecular formula is C15H17ClN4O2S. The van der Waals surface area contributed by atoms with E-state index in [-0.39, 0.29) is 5.91 Å². The molecule has 23 heavy (non-hydrogen) atoms. The number of benzene rings is 1. The Morgan fingerprint density at radius 3 is 2.74 bits per heavy atom. The maximum absolute atomic E-state index is 12.1. The summed E-state index contributed by atoms with van der Waals surface area (Å²) in [6.45, 7) is 4.43. The third kappa shape index (κ3) is 4.71. The predicted molar refractivity (Wildman–Crippen MR) is 90.3 cm³/mol. The first-order valence-electron chi connectivity index (χ1n) is 7.40. The lowest BCUT2D eigenvalue weighted by atomic mass is 10.2. The lowest BCUT2D eigenvalue weighted by Crippen LogP contribution is -2.37. The van der Waals surface area contributed by atoms with E-state index in [0.29, 0.717) is 15.7 Å². The van der Waals surface area contributed by atoms with Crippen molar-refractivity contribution in [3.05, 3.63) is 39.9 Å². The smallest absolute Gasteiger partial charge is 0.257 e. The Balaban J connectivity index is 1.52. The van der Waals surface area contributed by atoms with Gasteiger partial charge in [0.25, 0.3) is 5.91 Å². The molecule has 1 aromatic heterocycles. The zero-order valence-electron chi connectivity index (χ0n) is 12.5. The zero-order chi connectivity index (χ0) is 16.1. The maximum Gasteiger partial charge on any atom is 0.257 e. The van der Waals surface area contributed by atoms with E-state index in [2.05, 4.69) is 20.4 Å². The molecule has 1 aromatic carbocycles. The Morgan fingerprint density at radius 1 is 1.26 bits per heavy atom. The van der Waals surface area contributed by atoms with Crippen LogP contribution in [0, 0.1) is 0 Å². The first kappa shape index (κ1) is 16.3. The van der Waals surface area contributed by atoms with Gasteiger partial charge in [0.15, 0.2) is 0 Å². The predicted octanol–water partition coefficient (Wildman–Crippen LogP) is 2.32. The highest BCUT2D eigenvalue weighted by Gasteiger charge is 2.13. The minimum Gasteiger partial charge on any atom is -0.379 e. The molecule has 0 atom stereocenters. The minimum absolute atomic E-state index is 0.211. The van der Waals surface area contributed by atoms with Crippen molar-refractivity contribution in [2.45, 2.75) is 6.42 Å². The van der Waals surface area contributed by atoms with Crippen molar-refractivity contribution < 1.29 is 9.53 Å². The van der Waals surface area contributed by atoms with Gasteiger partial charge in [-0.25, -0.2) is 0 Å². The van der Waals surface area contributed by atoms with Crippen LogP contribution >= 0.6 is 22.9 Å². The Kier molecular flexibility index (Phi) is 5.56. The van der Waals surface area contributed by atoms with Crippen LogP contribution in [0.5, 0.6) is 0 Å². The molecule has 8 heteroatoms. The van der Waals surface area contributed by atoms with Crippen molar-refractivity contribution in [3.8, 4) is 0 Å². The summed E-state index contributed by atoms with van der Waals surface area (Å²) >= 11 is 7.22. The SMILES string of the molecule is O=C(Nc1nnc(CCN2CCOCC2)s1)c1ccc(Cl)cc1. The average Bonchev–Trinajstić information content (AvgIpc) is 3.02. The molecule has 122 valence electrons. The Bertz CT molecular complexity index is 656. The zero-order valence-corrected chi connectivity index (χ0v) is 14.1. The molecule has 2 heterocycles. The van der Waals surface area contributed by atoms with Gasteiger partial charge in [-0.15, -0.1) is 10.2 Å². The van der Waals surface area contributed by atoms with Gasteiger partial charge in [-0.3, -0.25) is 15.0 Å². The van der Waals surface area contributed by atoms with E-state index in [1.807, 2.05) is 0 Å². The first-order valence-corrected chi connectivity index (χ1v) is 8.59. The van der Waals surface area contributed by atoms with Crippen molar-refractivity contribution in [2.75, 3.05) is 38.2 Å². The van der Waals surface area contributed by atoms with Gasteiger partial charge in [-0.05, 0) is 24.3 Å². The molecule has 0 saturated carbocycles. The van der Waals surface area contributed by atoms with Gasteiger partial charge in [0.05, 0.1) is 13.2 Å². The highest BCUT2D eigenvalue weighted by atomic mass is 35.5. The fourth-order valence-electron chi connectivity index (χ4n) is 2.25. The molecule has 0 unspecified atom stereocenters. The molecule has 0 aliphatic carbocycles. The molecule has 3 rings (SSSR count). The largest absolute Gasteiger partial charge is 0.379 e. The molecular weight excluding hydrogens is 336 g/mol. The number of carbonyl (C=O) groups is 1. The van der Waals surface area contributed by atoms with Gasteiger partial charge < -0.3 is 4.74 Å². The van der Waals surface area contributed by atoms with E-state index in [4.69, 9.17) is 16.3 Å². The minimum atomic E-state index is -0.211. The number of carbonyl (C=O) groups excluding carboxylic acids is 1. The number of rotatable bonds is 5. The lowest BCUT2D eigenvalue weighted by molar-refractivity contribution is 0.0384. The number of morpholine rings is 1. The number of hydrogen-bond acceptors (Lipinski definition) is 6. The van der Waals surface area contributed by atoms with Crippen molar-refractivity contribution in [1.29, 1.82) is 0 Å². The summed E-state index contributed by atoms with van der Waals surface area (Å²) in [5.74, 6) is -0.211. The summed E-state index contributed by atoms with van der Waals surface area (Å²) in [6.07, 6.45) is 0.828. The van der Waals surface area contributed by atoms with Gasteiger partial charge in [-0.1, -0.05) is 22.9 Å². The van der Waals surface area contributed by atoms with Crippen LogP contribution in [-0.4, -0.2) is 53.9 Å². The van der Waals surface area contributed by atoms with Crippen LogP contribution in [0.2, 0.25) is 5.02 Å². The van der Waals surface area contributed by atoms with E-state index in [0.717, 1.165) is 44.3 Å². The van der Waals surface area contributed by atoms with Gasteiger partial charge in [0.1, 0.15) is 5.01 Å². The van der Waals surface area contributed by atoms with Crippen LogP contribution < -0.4 is 5.32 Å². The van der Waals surface area contributed by atoms with Gasteiger partial charge >= 0.3 is 0 Å². The molecule has 0 radical (unpaired) electrons. The third-order valence-corrected chi connectivity index (χ3v) is 4.69. The van der Waals surface area contributed by atoms with Crippen molar-refractivity contribution in [3.63, 3.8) is 0 Å². The molecule has 1 amide bonds. The second-order valence-electron chi connectivity index (χ2n) is 5.17. The molecule has 0 spiro atoms. The third-order valence-electron chi connectivity index (χ3n) is 3.54. The molecule has 6 nitrogen and oxygen atoms in total. The number of nitrogens with zero attached hydrogens (tertiary/aromatic N) is 3. The highest BCUT2D eigenvalue weighted by Crippen LogP contribution is 2.18. The first-order chi connectivity index (χ1) is 11.2. The van der Waals surface area contributed by atoms with Crippen LogP contribution in [-0.2, 0) is 11.2 Å². The fourth-order valence-corrected chi connectivity index (χ4v) is 3.10. The number of nitrogens with one attached hydrogen (secondary N) is 1. The van der Waals surface area contributed by atoms with Crippen molar-refractivity contribution in [1.82, 2.24) is 15.1 Å². The normalized spacial score (nSPS) is 15.5. The molecule has 1 saturated heterocycles. The molecule has 0 bridgehead atoms. The summed E-state index contributed by atoms with van der Waals surface area (Å²) in [4.78, 5) is 14.4. The number of amides is 1. The fraction of sp³-hybridized carbons (Fsp3) is 0.400. The van der Waals surface area contributed by atoms with Crippen LogP contribution in [0.25, 0.3) is 0 Å². The molecule has 1 fully saturated rings. The van der Waals surface area contributed by atoms with E-state index >= 15 is 0 Å². The van der Waals surface area contributed by atoms with Crippen LogP contribution in [0.15, 0.2) is 24.3 Å². The van der Waals surface area contributed by atoms with E-state index in [9.17, 15) is 4.79 Å². The monoisotopic (exact) mass is 352 g/mol. The quantitative estimate of drug-likeness (QED) is 0.894. The number of anilines is 1. The van der Waals surface area contributed by atoms with E-state index in [1.165, 1.54) is 11.3 Å². The van der Waals surface area contributed by atoms with Crippen LogP contribution in [0.4, 0.5) is 5.13 Å². The summed E-state index contributed by atoms with van der Waals surface area (Å²) in [6, 6.07) is 6.73. The number of ether oxygens (including phenoxy) is 1. The summed E-state index contributed by atoms with van der Waals surface area (Å²) < 4.78 is 5.33.